The molecule has 0 spiro atoms. The van der Waals surface area contributed by atoms with Crippen LogP contribution in [0.5, 0.6) is 0 Å². The topological polar surface area (TPSA) is 67.4 Å². The maximum atomic E-state index is 11.7. The van der Waals surface area contributed by atoms with Gasteiger partial charge in [-0.2, -0.15) is 0 Å². The SMILES string of the molecule is CNCCCC(=O)Nc1ccc(C)c(C(=O)OC)c1.Cl. The zero-order chi connectivity index (χ0) is 14.3. The number of methoxy groups -OCH3 is 1. The van der Waals surface area contributed by atoms with E-state index < -0.39 is 5.97 Å². The van der Waals surface area contributed by atoms with Crippen LogP contribution in [0.3, 0.4) is 0 Å². The van der Waals surface area contributed by atoms with E-state index in [4.69, 9.17) is 4.74 Å². The molecule has 0 fully saturated rings. The summed E-state index contributed by atoms with van der Waals surface area (Å²) in [4.78, 5) is 23.2. The number of carbonyl (C=O) groups is 2. The summed E-state index contributed by atoms with van der Waals surface area (Å²) in [5.74, 6) is -0.460. The van der Waals surface area contributed by atoms with E-state index in [1.165, 1.54) is 7.11 Å². The molecule has 1 aromatic carbocycles. The highest BCUT2D eigenvalue weighted by atomic mass is 35.5. The Balaban J connectivity index is 0.00000361. The molecular weight excluding hydrogens is 280 g/mol. The molecule has 1 aromatic rings. The Labute approximate surface area is 125 Å². The smallest absolute Gasteiger partial charge is 0.338 e. The van der Waals surface area contributed by atoms with Gasteiger partial charge >= 0.3 is 5.97 Å². The summed E-state index contributed by atoms with van der Waals surface area (Å²) in [6.07, 6.45) is 1.22. The molecule has 0 atom stereocenters. The van der Waals surface area contributed by atoms with Crippen molar-refractivity contribution in [3.8, 4) is 0 Å². The molecule has 0 heterocycles. The lowest BCUT2D eigenvalue weighted by molar-refractivity contribution is -0.116. The fourth-order valence-corrected chi connectivity index (χ4v) is 1.68. The molecule has 0 radical (unpaired) electrons. The van der Waals surface area contributed by atoms with Gasteiger partial charge in [0.2, 0.25) is 5.91 Å². The lowest BCUT2D eigenvalue weighted by Gasteiger charge is -2.09. The third-order valence-corrected chi connectivity index (χ3v) is 2.76. The van der Waals surface area contributed by atoms with Crippen molar-refractivity contribution in [1.29, 1.82) is 0 Å². The third kappa shape index (κ3) is 5.59. The van der Waals surface area contributed by atoms with Crippen molar-refractivity contribution in [2.75, 3.05) is 26.0 Å². The lowest BCUT2D eigenvalue weighted by Crippen LogP contribution is -2.15. The van der Waals surface area contributed by atoms with Gasteiger partial charge in [0.1, 0.15) is 0 Å². The molecule has 0 aliphatic carbocycles. The minimum Gasteiger partial charge on any atom is -0.465 e. The van der Waals surface area contributed by atoms with Crippen LogP contribution >= 0.6 is 12.4 Å². The van der Waals surface area contributed by atoms with Crippen LogP contribution in [0.15, 0.2) is 18.2 Å². The first-order chi connectivity index (χ1) is 9.08. The molecule has 1 rings (SSSR count). The molecule has 20 heavy (non-hydrogen) atoms. The monoisotopic (exact) mass is 300 g/mol. The van der Waals surface area contributed by atoms with Crippen LogP contribution in [0.1, 0.15) is 28.8 Å². The number of nitrogens with one attached hydrogen (secondary N) is 2. The number of benzene rings is 1. The molecule has 112 valence electrons. The number of rotatable bonds is 6. The molecule has 5 nitrogen and oxygen atoms in total. The van der Waals surface area contributed by atoms with Gasteiger partial charge in [-0.05, 0) is 44.6 Å². The molecule has 0 aliphatic heterocycles. The molecular formula is C14H21ClN2O3. The van der Waals surface area contributed by atoms with Crippen molar-refractivity contribution < 1.29 is 14.3 Å². The van der Waals surface area contributed by atoms with Crippen molar-refractivity contribution in [3.63, 3.8) is 0 Å². The number of esters is 1. The number of aryl methyl sites for hydroxylation is 1. The van der Waals surface area contributed by atoms with E-state index in [2.05, 4.69) is 10.6 Å². The summed E-state index contributed by atoms with van der Waals surface area (Å²) >= 11 is 0. The minimum absolute atomic E-state index is 0. The number of hydrogen-bond acceptors (Lipinski definition) is 4. The van der Waals surface area contributed by atoms with Crippen LogP contribution in [0.4, 0.5) is 5.69 Å². The molecule has 0 saturated heterocycles. The fraction of sp³-hybridized carbons (Fsp3) is 0.429. The quantitative estimate of drug-likeness (QED) is 0.624. The molecule has 0 aromatic heterocycles. The van der Waals surface area contributed by atoms with Crippen LogP contribution in [-0.4, -0.2) is 32.6 Å². The van der Waals surface area contributed by atoms with Crippen molar-refractivity contribution in [1.82, 2.24) is 5.32 Å². The van der Waals surface area contributed by atoms with Crippen molar-refractivity contribution in [2.24, 2.45) is 0 Å². The Morgan fingerprint density at radius 2 is 2.00 bits per heavy atom. The molecule has 0 saturated carbocycles. The third-order valence-electron chi connectivity index (χ3n) is 2.76. The van der Waals surface area contributed by atoms with Crippen LogP contribution in [-0.2, 0) is 9.53 Å². The summed E-state index contributed by atoms with van der Waals surface area (Å²) in [5, 5.41) is 5.76. The summed E-state index contributed by atoms with van der Waals surface area (Å²) < 4.78 is 4.70. The maximum Gasteiger partial charge on any atom is 0.338 e. The standard InChI is InChI=1S/C14H20N2O3.ClH/c1-10-6-7-11(9-12(10)14(18)19-3)16-13(17)5-4-8-15-2;/h6-7,9,15H,4-5,8H2,1-3H3,(H,16,17);1H. The first-order valence-electron chi connectivity index (χ1n) is 6.22. The largest absolute Gasteiger partial charge is 0.465 e. The molecule has 0 bridgehead atoms. The van der Waals surface area contributed by atoms with Crippen molar-refractivity contribution in [2.45, 2.75) is 19.8 Å². The van der Waals surface area contributed by atoms with Gasteiger partial charge in [-0.3, -0.25) is 4.79 Å². The minimum atomic E-state index is -0.399. The predicted octanol–water partition coefficient (Wildman–Crippen LogP) is 2.14. The van der Waals surface area contributed by atoms with Gasteiger partial charge in [0.15, 0.2) is 0 Å². The van der Waals surface area contributed by atoms with Crippen LogP contribution in [0, 0.1) is 6.92 Å². The van der Waals surface area contributed by atoms with E-state index in [1.807, 2.05) is 14.0 Å². The van der Waals surface area contributed by atoms with E-state index in [0.29, 0.717) is 17.7 Å². The molecule has 6 heteroatoms. The van der Waals surface area contributed by atoms with Crippen molar-refractivity contribution >= 4 is 30.0 Å². The van der Waals surface area contributed by atoms with Gasteiger partial charge in [0, 0.05) is 12.1 Å². The Bertz CT molecular complexity index is 464. The van der Waals surface area contributed by atoms with Gasteiger partial charge in [-0.25, -0.2) is 4.79 Å². The molecule has 1 amide bonds. The Morgan fingerprint density at radius 3 is 2.60 bits per heavy atom. The highest BCUT2D eigenvalue weighted by Gasteiger charge is 2.11. The molecule has 2 N–H and O–H groups in total. The summed E-state index contributed by atoms with van der Waals surface area (Å²) in [6, 6.07) is 5.20. The predicted molar refractivity (Wildman–Crippen MR) is 81.6 cm³/mol. The molecule has 0 aliphatic rings. The summed E-state index contributed by atoms with van der Waals surface area (Å²) in [7, 11) is 3.19. The van der Waals surface area contributed by atoms with E-state index in [9.17, 15) is 9.59 Å². The second-order valence-electron chi connectivity index (χ2n) is 4.28. The average Bonchev–Trinajstić information content (AvgIpc) is 2.40. The Morgan fingerprint density at radius 1 is 1.30 bits per heavy atom. The van der Waals surface area contributed by atoms with Crippen LogP contribution in [0.25, 0.3) is 0 Å². The van der Waals surface area contributed by atoms with E-state index in [1.54, 1.807) is 18.2 Å². The highest BCUT2D eigenvalue weighted by molar-refractivity contribution is 5.95. The fourth-order valence-electron chi connectivity index (χ4n) is 1.68. The van der Waals surface area contributed by atoms with E-state index in [-0.39, 0.29) is 18.3 Å². The number of ether oxygens (including phenoxy) is 1. The van der Waals surface area contributed by atoms with E-state index >= 15 is 0 Å². The lowest BCUT2D eigenvalue weighted by atomic mass is 10.1. The number of amides is 1. The Hall–Kier alpha value is -1.59. The normalized spacial score (nSPS) is 9.55. The van der Waals surface area contributed by atoms with Crippen LogP contribution < -0.4 is 10.6 Å². The zero-order valence-electron chi connectivity index (χ0n) is 12.0. The number of carbonyl (C=O) groups excluding carboxylic acids is 2. The highest BCUT2D eigenvalue weighted by Crippen LogP contribution is 2.16. The van der Waals surface area contributed by atoms with Crippen molar-refractivity contribution in [3.05, 3.63) is 29.3 Å². The summed E-state index contributed by atoms with van der Waals surface area (Å²) in [6.45, 7) is 2.62. The van der Waals surface area contributed by atoms with Gasteiger partial charge in [-0.1, -0.05) is 6.07 Å². The number of hydrogen-bond donors (Lipinski definition) is 2. The first kappa shape index (κ1) is 18.4. The van der Waals surface area contributed by atoms with Crippen LogP contribution in [0.2, 0.25) is 0 Å². The maximum absolute atomic E-state index is 11.7. The Kier molecular flexibility index (Phi) is 8.59. The van der Waals surface area contributed by atoms with Gasteiger partial charge in [-0.15, -0.1) is 12.4 Å². The average molecular weight is 301 g/mol. The van der Waals surface area contributed by atoms with E-state index in [0.717, 1.165) is 18.5 Å². The summed E-state index contributed by atoms with van der Waals surface area (Å²) in [5.41, 5.74) is 1.90. The number of anilines is 1. The zero-order valence-corrected chi connectivity index (χ0v) is 12.8. The van der Waals surface area contributed by atoms with Gasteiger partial charge < -0.3 is 15.4 Å². The second kappa shape index (κ2) is 9.34. The second-order valence-corrected chi connectivity index (χ2v) is 4.28. The van der Waals surface area contributed by atoms with Gasteiger partial charge in [0.05, 0.1) is 12.7 Å². The first-order valence-corrected chi connectivity index (χ1v) is 6.22. The molecule has 0 unspecified atom stereocenters. The number of halogens is 1. The van der Waals surface area contributed by atoms with Gasteiger partial charge in [0.25, 0.3) is 0 Å².